The van der Waals surface area contributed by atoms with E-state index in [4.69, 9.17) is 4.98 Å². The molecule has 0 radical (unpaired) electrons. The summed E-state index contributed by atoms with van der Waals surface area (Å²) in [6.07, 6.45) is 2.18. The lowest BCUT2D eigenvalue weighted by atomic mass is 9.99. The average molecular weight is 427 g/mol. The number of pyridine rings is 1. The Morgan fingerprint density at radius 3 is 2.03 bits per heavy atom. The topological polar surface area (TPSA) is 17.3 Å². The van der Waals surface area contributed by atoms with Gasteiger partial charge in [0.25, 0.3) is 0 Å². The highest BCUT2D eigenvalue weighted by atomic mass is 28.3. The summed E-state index contributed by atoms with van der Waals surface area (Å²) in [5, 5.41) is 8.19. The van der Waals surface area contributed by atoms with E-state index >= 15 is 0 Å². The lowest BCUT2D eigenvalue weighted by molar-refractivity contribution is 1.21. The molecular weight excluding hydrogens is 404 g/mol. The molecule has 0 atom stereocenters. The van der Waals surface area contributed by atoms with Crippen LogP contribution in [0.15, 0.2) is 103 Å². The molecule has 3 heteroatoms. The van der Waals surface area contributed by atoms with Gasteiger partial charge in [-0.15, -0.1) is 0 Å². The standard InChI is InChI=1S/C29H22N2Si/c1-20-16-17-21-19-32(22-10-4-2-5-11-22,23-12-6-3-7-13-23)26-18-30-29-25-15-9-8-14-24(25)27(20)28(21)31(26)29/h2-18H,19H2,1H3. The molecule has 0 amide bonds. The van der Waals surface area contributed by atoms with Gasteiger partial charge >= 0.3 is 0 Å². The van der Waals surface area contributed by atoms with Crippen LogP contribution in [0.25, 0.3) is 27.3 Å². The van der Waals surface area contributed by atoms with Crippen molar-refractivity contribution in [2.45, 2.75) is 13.0 Å². The van der Waals surface area contributed by atoms with Crippen LogP contribution >= 0.6 is 0 Å². The van der Waals surface area contributed by atoms with Crippen LogP contribution in [0.2, 0.25) is 0 Å². The number of fused-ring (bicyclic) bond motifs is 3. The molecule has 0 bridgehead atoms. The third-order valence-corrected chi connectivity index (χ3v) is 12.1. The number of nitrogens with zero attached hydrogens (tertiary/aromatic N) is 2. The molecule has 3 heterocycles. The van der Waals surface area contributed by atoms with Gasteiger partial charge < -0.3 is 0 Å². The Balaban J connectivity index is 1.74. The van der Waals surface area contributed by atoms with Crippen LogP contribution in [0.4, 0.5) is 0 Å². The highest BCUT2D eigenvalue weighted by Crippen LogP contribution is 2.36. The van der Waals surface area contributed by atoms with Crippen molar-refractivity contribution in [1.29, 1.82) is 0 Å². The Bertz CT molecular complexity index is 1610. The second-order valence-electron chi connectivity index (χ2n) is 8.93. The normalized spacial score (nSPS) is 14.5. The van der Waals surface area contributed by atoms with E-state index in [0.717, 1.165) is 11.7 Å². The molecule has 2 nitrogen and oxygen atoms in total. The Morgan fingerprint density at radius 2 is 1.34 bits per heavy atom. The summed E-state index contributed by atoms with van der Waals surface area (Å²) in [6, 6.07) is 36.8. The summed E-state index contributed by atoms with van der Waals surface area (Å²) in [6.45, 7) is 2.24. The fourth-order valence-corrected chi connectivity index (χ4v) is 10.7. The van der Waals surface area contributed by atoms with Crippen LogP contribution in [0.1, 0.15) is 11.1 Å². The van der Waals surface area contributed by atoms with Crippen molar-refractivity contribution < 1.29 is 0 Å². The molecule has 1 aliphatic heterocycles. The number of rotatable bonds is 2. The Morgan fingerprint density at radius 1 is 0.719 bits per heavy atom. The number of benzene rings is 4. The highest BCUT2D eigenvalue weighted by molar-refractivity contribution is 7.11. The van der Waals surface area contributed by atoms with E-state index in [1.165, 1.54) is 48.5 Å². The van der Waals surface area contributed by atoms with Crippen LogP contribution in [0.5, 0.6) is 0 Å². The second-order valence-corrected chi connectivity index (χ2v) is 12.8. The van der Waals surface area contributed by atoms with Crippen molar-refractivity contribution in [2.24, 2.45) is 0 Å². The van der Waals surface area contributed by atoms with Crippen molar-refractivity contribution in [3.63, 3.8) is 0 Å². The molecule has 0 aliphatic carbocycles. The maximum atomic E-state index is 5.07. The molecule has 32 heavy (non-hydrogen) atoms. The van der Waals surface area contributed by atoms with E-state index < -0.39 is 8.07 Å². The average Bonchev–Trinajstić information content (AvgIpc) is 3.31. The first-order valence-electron chi connectivity index (χ1n) is 11.2. The minimum atomic E-state index is -2.31. The monoisotopic (exact) mass is 426 g/mol. The Labute approximate surface area is 187 Å². The fraction of sp³-hybridized carbons (Fsp3) is 0.0690. The van der Waals surface area contributed by atoms with Crippen molar-refractivity contribution >= 4 is 51.1 Å². The van der Waals surface area contributed by atoms with Gasteiger partial charge in [0.1, 0.15) is 5.65 Å². The minimum Gasteiger partial charge on any atom is -0.299 e. The Hall–Kier alpha value is -3.69. The summed E-state index contributed by atoms with van der Waals surface area (Å²) in [5.74, 6) is 0. The van der Waals surface area contributed by atoms with Gasteiger partial charge in [-0.1, -0.05) is 97.1 Å². The zero-order valence-electron chi connectivity index (χ0n) is 17.9. The first-order chi connectivity index (χ1) is 15.8. The van der Waals surface area contributed by atoms with Crippen LogP contribution in [-0.4, -0.2) is 17.5 Å². The largest absolute Gasteiger partial charge is 0.299 e. The molecule has 6 aromatic rings. The zero-order chi connectivity index (χ0) is 21.3. The number of aromatic nitrogens is 2. The van der Waals surface area contributed by atoms with Gasteiger partial charge in [0.15, 0.2) is 8.07 Å². The molecule has 0 saturated carbocycles. The quantitative estimate of drug-likeness (QED) is 0.294. The van der Waals surface area contributed by atoms with Crippen LogP contribution in [0, 0.1) is 6.92 Å². The lowest BCUT2D eigenvalue weighted by Crippen LogP contribution is -2.71. The van der Waals surface area contributed by atoms with Crippen molar-refractivity contribution in [3.8, 4) is 0 Å². The summed E-state index contributed by atoms with van der Waals surface area (Å²) >= 11 is 0. The van der Waals surface area contributed by atoms with Gasteiger partial charge in [0, 0.05) is 22.3 Å². The molecule has 0 N–H and O–H groups in total. The predicted molar refractivity (Wildman–Crippen MR) is 136 cm³/mol. The van der Waals surface area contributed by atoms with E-state index in [9.17, 15) is 0 Å². The van der Waals surface area contributed by atoms with Crippen molar-refractivity contribution in [1.82, 2.24) is 9.38 Å². The fourth-order valence-electron chi connectivity index (χ4n) is 5.93. The van der Waals surface area contributed by atoms with Gasteiger partial charge in [-0.3, -0.25) is 4.40 Å². The summed E-state index contributed by atoms with van der Waals surface area (Å²) in [5.41, 5.74) is 5.20. The molecule has 0 fully saturated rings. The number of aryl methyl sites for hydroxylation is 1. The van der Waals surface area contributed by atoms with E-state index in [-0.39, 0.29) is 0 Å². The van der Waals surface area contributed by atoms with E-state index in [0.29, 0.717) is 0 Å². The molecule has 0 unspecified atom stereocenters. The van der Waals surface area contributed by atoms with Crippen molar-refractivity contribution in [2.75, 3.05) is 0 Å². The molecule has 2 aromatic heterocycles. The van der Waals surface area contributed by atoms with Gasteiger partial charge in [-0.05, 0) is 39.9 Å². The summed E-state index contributed by atoms with van der Waals surface area (Å²) in [7, 11) is -2.31. The maximum Gasteiger partial charge on any atom is 0.175 e. The number of hydrogen-bond acceptors (Lipinski definition) is 1. The number of imidazole rings is 1. The van der Waals surface area contributed by atoms with Gasteiger partial charge in [-0.25, -0.2) is 4.98 Å². The SMILES string of the molecule is Cc1ccc2c3c1c1ccccc1c1ncc(n13)[Si](c1ccccc1)(c1ccccc1)C2. The molecular formula is C29H22N2Si. The zero-order valence-corrected chi connectivity index (χ0v) is 18.9. The highest BCUT2D eigenvalue weighted by Gasteiger charge is 2.45. The summed E-state index contributed by atoms with van der Waals surface area (Å²) in [4.78, 5) is 5.07. The molecule has 7 rings (SSSR count). The van der Waals surface area contributed by atoms with E-state index in [2.05, 4.69) is 115 Å². The third kappa shape index (κ3) is 2.16. The van der Waals surface area contributed by atoms with Crippen LogP contribution < -0.4 is 15.7 Å². The first kappa shape index (κ1) is 17.9. The third-order valence-electron chi connectivity index (χ3n) is 7.32. The summed E-state index contributed by atoms with van der Waals surface area (Å²) < 4.78 is 2.51. The van der Waals surface area contributed by atoms with Crippen LogP contribution in [-0.2, 0) is 6.04 Å². The molecule has 1 aliphatic rings. The smallest absolute Gasteiger partial charge is 0.175 e. The molecule has 152 valence electrons. The second kappa shape index (κ2) is 6.41. The van der Waals surface area contributed by atoms with Gasteiger partial charge in [-0.2, -0.15) is 0 Å². The predicted octanol–water partition coefficient (Wildman–Crippen LogP) is 4.51. The van der Waals surface area contributed by atoms with Crippen molar-refractivity contribution in [3.05, 3.63) is 114 Å². The molecule has 4 aromatic carbocycles. The van der Waals surface area contributed by atoms with Gasteiger partial charge in [0.2, 0.25) is 0 Å². The first-order valence-corrected chi connectivity index (χ1v) is 13.4. The Kier molecular flexibility index (Phi) is 3.59. The maximum absolute atomic E-state index is 5.07. The van der Waals surface area contributed by atoms with E-state index in [1.807, 2.05) is 0 Å². The lowest BCUT2D eigenvalue weighted by Gasteiger charge is -2.37. The van der Waals surface area contributed by atoms with Gasteiger partial charge in [0.05, 0.1) is 5.52 Å². The van der Waals surface area contributed by atoms with Crippen LogP contribution in [0.3, 0.4) is 0 Å². The molecule has 0 saturated heterocycles. The number of hydrogen-bond donors (Lipinski definition) is 0. The van der Waals surface area contributed by atoms with E-state index in [1.54, 1.807) is 0 Å². The minimum absolute atomic E-state index is 1.05. The molecule has 0 spiro atoms.